The molecule has 0 saturated carbocycles. The number of hydrogen-bond acceptors (Lipinski definition) is 5. The molecule has 0 aromatic heterocycles. The second-order valence-electron chi connectivity index (χ2n) is 6.68. The van der Waals surface area contributed by atoms with Crippen LogP contribution in [-0.2, 0) is 25.5 Å². The maximum atomic E-state index is 12.3. The Bertz CT molecular complexity index is 878. The predicted octanol–water partition coefficient (Wildman–Crippen LogP) is 2.51. The molecule has 0 heterocycles. The van der Waals surface area contributed by atoms with Gasteiger partial charge in [0.1, 0.15) is 0 Å². The van der Waals surface area contributed by atoms with Crippen molar-refractivity contribution >= 4 is 35.1 Å². The number of anilines is 2. The van der Waals surface area contributed by atoms with Crippen LogP contribution in [0.15, 0.2) is 48.5 Å². The van der Waals surface area contributed by atoms with Gasteiger partial charge in [0, 0.05) is 31.8 Å². The topological polar surface area (TPSA) is 114 Å². The van der Waals surface area contributed by atoms with Crippen LogP contribution in [0.25, 0.3) is 0 Å². The van der Waals surface area contributed by atoms with Crippen LogP contribution in [-0.4, -0.2) is 36.8 Å². The van der Waals surface area contributed by atoms with Gasteiger partial charge in [-0.05, 0) is 36.6 Å². The van der Waals surface area contributed by atoms with Gasteiger partial charge in [-0.2, -0.15) is 0 Å². The van der Waals surface area contributed by atoms with Crippen LogP contribution in [0.5, 0.6) is 0 Å². The summed E-state index contributed by atoms with van der Waals surface area (Å²) in [4.78, 5) is 46.8. The van der Waals surface area contributed by atoms with E-state index in [0.717, 1.165) is 12.8 Å². The van der Waals surface area contributed by atoms with Gasteiger partial charge in [0.2, 0.25) is 11.8 Å². The molecule has 2 rings (SSSR count). The van der Waals surface area contributed by atoms with E-state index in [-0.39, 0.29) is 17.4 Å². The lowest BCUT2D eigenvalue weighted by molar-refractivity contribution is -0.124. The van der Waals surface area contributed by atoms with Gasteiger partial charge in [-0.1, -0.05) is 30.3 Å². The molecular weight excluding hydrogens is 386 g/mol. The quantitative estimate of drug-likeness (QED) is 0.433. The van der Waals surface area contributed by atoms with E-state index in [2.05, 4.69) is 16.0 Å². The first kappa shape index (κ1) is 22.6. The summed E-state index contributed by atoms with van der Waals surface area (Å²) in [6.07, 6.45) is 1.60. The zero-order valence-electron chi connectivity index (χ0n) is 17.0. The highest BCUT2D eigenvalue weighted by atomic mass is 16.5. The first-order valence-electron chi connectivity index (χ1n) is 9.51. The Balaban J connectivity index is 1.85. The monoisotopic (exact) mass is 411 g/mol. The lowest BCUT2D eigenvalue weighted by Gasteiger charge is -2.11. The van der Waals surface area contributed by atoms with E-state index in [4.69, 9.17) is 4.74 Å². The Kier molecular flexibility index (Phi) is 8.56. The molecule has 2 aromatic rings. The summed E-state index contributed by atoms with van der Waals surface area (Å²) >= 11 is 0. The zero-order valence-corrected chi connectivity index (χ0v) is 17.0. The van der Waals surface area contributed by atoms with Crippen molar-refractivity contribution in [3.8, 4) is 0 Å². The number of nitrogens with one attached hydrogen (secondary N) is 3. The fourth-order valence-corrected chi connectivity index (χ4v) is 2.73. The number of benzene rings is 2. The highest BCUT2D eigenvalue weighted by molar-refractivity contribution is 5.98. The van der Waals surface area contributed by atoms with Crippen LogP contribution < -0.4 is 16.0 Å². The molecule has 0 radical (unpaired) electrons. The molecule has 0 aliphatic rings. The van der Waals surface area contributed by atoms with Crippen molar-refractivity contribution in [1.82, 2.24) is 5.32 Å². The van der Waals surface area contributed by atoms with Gasteiger partial charge in [0.15, 0.2) is 6.61 Å². The number of esters is 1. The van der Waals surface area contributed by atoms with Crippen LogP contribution in [0.1, 0.15) is 36.2 Å². The number of rotatable bonds is 9. The van der Waals surface area contributed by atoms with E-state index >= 15 is 0 Å². The van der Waals surface area contributed by atoms with E-state index in [1.807, 2.05) is 30.3 Å². The van der Waals surface area contributed by atoms with Crippen molar-refractivity contribution in [2.24, 2.45) is 0 Å². The van der Waals surface area contributed by atoms with Crippen LogP contribution in [0.3, 0.4) is 0 Å². The molecule has 30 heavy (non-hydrogen) atoms. The van der Waals surface area contributed by atoms with Crippen molar-refractivity contribution in [3.05, 3.63) is 59.7 Å². The molecule has 158 valence electrons. The maximum Gasteiger partial charge on any atom is 0.338 e. The number of amides is 3. The lowest BCUT2D eigenvalue weighted by Crippen LogP contribution is -2.29. The van der Waals surface area contributed by atoms with Gasteiger partial charge in [-0.15, -0.1) is 0 Å². The van der Waals surface area contributed by atoms with E-state index in [0.29, 0.717) is 17.9 Å². The average molecular weight is 411 g/mol. The van der Waals surface area contributed by atoms with Gasteiger partial charge in [0.05, 0.1) is 5.56 Å². The standard InChI is InChI=1S/C22H25N3O5/c1-15(26)24-19-11-18(12-20(13-19)25-16(2)27)22(29)30-14-21(28)23-10-6-9-17-7-4-3-5-8-17/h3-5,7-8,11-13H,6,9-10,14H2,1-2H3,(H,23,28)(H,24,26)(H,25,27). The number of hydrogen-bond donors (Lipinski definition) is 3. The highest BCUT2D eigenvalue weighted by Crippen LogP contribution is 2.20. The molecule has 0 atom stereocenters. The highest BCUT2D eigenvalue weighted by Gasteiger charge is 2.13. The Labute approximate surface area is 175 Å². The molecule has 3 N–H and O–H groups in total. The number of carbonyl (C=O) groups is 4. The molecular formula is C22H25N3O5. The van der Waals surface area contributed by atoms with Crippen LogP contribution in [0, 0.1) is 0 Å². The summed E-state index contributed by atoms with van der Waals surface area (Å²) in [6, 6.07) is 14.3. The van der Waals surface area contributed by atoms with Crippen molar-refractivity contribution < 1.29 is 23.9 Å². The third-order valence-corrected chi connectivity index (χ3v) is 3.95. The summed E-state index contributed by atoms with van der Waals surface area (Å²) in [7, 11) is 0. The molecule has 0 saturated heterocycles. The Hall–Kier alpha value is -3.68. The molecule has 8 nitrogen and oxygen atoms in total. The molecule has 0 bridgehead atoms. The second-order valence-corrected chi connectivity index (χ2v) is 6.68. The Morgan fingerprint density at radius 1 is 0.867 bits per heavy atom. The van der Waals surface area contributed by atoms with Gasteiger partial charge in [-0.3, -0.25) is 14.4 Å². The number of ether oxygens (including phenoxy) is 1. The smallest absolute Gasteiger partial charge is 0.338 e. The Morgan fingerprint density at radius 2 is 1.47 bits per heavy atom. The van der Waals surface area contributed by atoms with E-state index in [1.165, 1.54) is 37.6 Å². The third-order valence-electron chi connectivity index (χ3n) is 3.95. The number of aryl methyl sites for hydroxylation is 1. The van der Waals surface area contributed by atoms with Gasteiger partial charge in [0.25, 0.3) is 5.91 Å². The lowest BCUT2D eigenvalue weighted by atomic mass is 10.1. The summed E-state index contributed by atoms with van der Waals surface area (Å²) < 4.78 is 5.05. The summed E-state index contributed by atoms with van der Waals surface area (Å²) in [5.41, 5.74) is 1.94. The minimum atomic E-state index is -0.742. The average Bonchev–Trinajstić information content (AvgIpc) is 2.69. The first-order chi connectivity index (χ1) is 14.3. The van der Waals surface area contributed by atoms with Crippen LogP contribution in [0.2, 0.25) is 0 Å². The summed E-state index contributed by atoms with van der Waals surface area (Å²) in [5, 5.41) is 7.80. The zero-order chi connectivity index (χ0) is 21.9. The predicted molar refractivity (Wildman–Crippen MR) is 113 cm³/mol. The third kappa shape index (κ3) is 8.14. The van der Waals surface area contributed by atoms with E-state index in [9.17, 15) is 19.2 Å². The summed E-state index contributed by atoms with van der Waals surface area (Å²) in [6.45, 7) is 2.69. The molecule has 3 amide bonds. The molecule has 0 aliphatic carbocycles. The molecule has 0 spiro atoms. The molecule has 0 fully saturated rings. The molecule has 8 heteroatoms. The van der Waals surface area contributed by atoms with Crippen molar-refractivity contribution in [3.63, 3.8) is 0 Å². The molecule has 0 unspecified atom stereocenters. The fourth-order valence-electron chi connectivity index (χ4n) is 2.73. The molecule has 0 aliphatic heterocycles. The van der Waals surface area contributed by atoms with Crippen molar-refractivity contribution in [1.29, 1.82) is 0 Å². The minimum absolute atomic E-state index is 0.0990. The van der Waals surface area contributed by atoms with Crippen LogP contribution in [0.4, 0.5) is 11.4 Å². The van der Waals surface area contributed by atoms with Gasteiger partial charge in [-0.25, -0.2) is 4.79 Å². The normalized spacial score (nSPS) is 10.1. The maximum absolute atomic E-state index is 12.3. The van der Waals surface area contributed by atoms with Crippen molar-refractivity contribution in [2.75, 3.05) is 23.8 Å². The van der Waals surface area contributed by atoms with E-state index in [1.54, 1.807) is 0 Å². The largest absolute Gasteiger partial charge is 0.452 e. The minimum Gasteiger partial charge on any atom is -0.452 e. The van der Waals surface area contributed by atoms with Gasteiger partial charge >= 0.3 is 5.97 Å². The number of carbonyl (C=O) groups excluding carboxylic acids is 4. The van der Waals surface area contributed by atoms with E-state index < -0.39 is 18.5 Å². The SMILES string of the molecule is CC(=O)Nc1cc(NC(C)=O)cc(C(=O)OCC(=O)NCCCc2ccccc2)c1. The van der Waals surface area contributed by atoms with Gasteiger partial charge < -0.3 is 20.7 Å². The Morgan fingerprint density at radius 3 is 2.03 bits per heavy atom. The summed E-state index contributed by atoms with van der Waals surface area (Å²) in [5.74, 6) is -1.81. The fraction of sp³-hybridized carbons (Fsp3) is 0.273. The van der Waals surface area contributed by atoms with Crippen molar-refractivity contribution in [2.45, 2.75) is 26.7 Å². The second kappa shape index (κ2) is 11.4. The molecule has 2 aromatic carbocycles. The van der Waals surface area contributed by atoms with Crippen LogP contribution >= 0.6 is 0 Å². The first-order valence-corrected chi connectivity index (χ1v) is 9.51.